The van der Waals surface area contributed by atoms with Gasteiger partial charge in [0, 0.05) is 37.9 Å². The van der Waals surface area contributed by atoms with E-state index in [1.54, 1.807) is 7.11 Å². The molecule has 144 valence electrons. The summed E-state index contributed by atoms with van der Waals surface area (Å²) in [6.45, 7) is 5.18. The number of carbonyl (C=O) groups excluding carboxylic acids is 1. The molecule has 8 heteroatoms. The average Bonchev–Trinajstić information content (AvgIpc) is 2.99. The SMILES string of the molecule is COc1ccc(N2CCN([C@@H](C)C(=O)N[C@@H]3CCS(=O)(=O)C3)CC2)cc1. The molecule has 2 heterocycles. The molecule has 2 fully saturated rings. The third-order valence-corrected chi connectivity index (χ3v) is 7.03. The van der Waals surface area contributed by atoms with Gasteiger partial charge < -0.3 is 15.0 Å². The molecule has 2 aliphatic heterocycles. The van der Waals surface area contributed by atoms with E-state index in [1.807, 2.05) is 31.2 Å². The lowest BCUT2D eigenvalue weighted by Crippen LogP contribution is -2.55. The number of ether oxygens (including phenoxy) is 1. The number of methoxy groups -OCH3 is 1. The number of hydrogen-bond donors (Lipinski definition) is 1. The van der Waals surface area contributed by atoms with Crippen molar-refractivity contribution in [2.45, 2.75) is 25.4 Å². The van der Waals surface area contributed by atoms with Crippen molar-refractivity contribution in [3.63, 3.8) is 0 Å². The van der Waals surface area contributed by atoms with E-state index in [4.69, 9.17) is 4.74 Å². The molecule has 0 saturated carbocycles. The second-order valence-corrected chi connectivity index (χ2v) is 9.23. The van der Waals surface area contributed by atoms with Gasteiger partial charge in [-0.2, -0.15) is 0 Å². The highest BCUT2D eigenvalue weighted by Gasteiger charge is 2.32. The fraction of sp³-hybridized carbons (Fsp3) is 0.611. The van der Waals surface area contributed by atoms with Gasteiger partial charge in [0.15, 0.2) is 9.84 Å². The van der Waals surface area contributed by atoms with Crippen molar-refractivity contribution in [2.24, 2.45) is 0 Å². The van der Waals surface area contributed by atoms with Crippen LogP contribution in [0, 0.1) is 0 Å². The van der Waals surface area contributed by atoms with Gasteiger partial charge in [-0.15, -0.1) is 0 Å². The number of nitrogens with one attached hydrogen (secondary N) is 1. The molecule has 0 spiro atoms. The molecule has 2 atom stereocenters. The minimum absolute atomic E-state index is 0.0662. The fourth-order valence-electron chi connectivity index (χ4n) is 3.56. The van der Waals surface area contributed by atoms with E-state index in [-0.39, 0.29) is 29.5 Å². The van der Waals surface area contributed by atoms with Crippen LogP contribution in [0.15, 0.2) is 24.3 Å². The summed E-state index contributed by atoms with van der Waals surface area (Å²) in [6, 6.07) is 7.50. The van der Waals surface area contributed by atoms with Crippen LogP contribution in [0.1, 0.15) is 13.3 Å². The Morgan fingerprint density at radius 1 is 1.19 bits per heavy atom. The molecule has 1 N–H and O–H groups in total. The maximum absolute atomic E-state index is 12.5. The molecule has 2 aliphatic rings. The van der Waals surface area contributed by atoms with E-state index in [0.717, 1.165) is 37.6 Å². The summed E-state index contributed by atoms with van der Waals surface area (Å²) in [5, 5.41) is 2.90. The van der Waals surface area contributed by atoms with Gasteiger partial charge in [0.05, 0.1) is 24.7 Å². The molecule has 1 amide bonds. The number of amides is 1. The topological polar surface area (TPSA) is 79.0 Å². The zero-order chi connectivity index (χ0) is 18.7. The lowest BCUT2D eigenvalue weighted by Gasteiger charge is -2.38. The Morgan fingerprint density at radius 2 is 1.85 bits per heavy atom. The first kappa shape index (κ1) is 19.0. The van der Waals surface area contributed by atoms with Gasteiger partial charge in [-0.05, 0) is 37.6 Å². The third-order valence-electron chi connectivity index (χ3n) is 5.26. The minimum atomic E-state index is -2.98. The van der Waals surface area contributed by atoms with Gasteiger partial charge in [0.25, 0.3) is 0 Å². The van der Waals surface area contributed by atoms with Crippen LogP contribution in [-0.2, 0) is 14.6 Å². The molecule has 0 aliphatic carbocycles. The van der Waals surface area contributed by atoms with Crippen LogP contribution in [0.5, 0.6) is 5.75 Å². The number of anilines is 1. The Morgan fingerprint density at radius 3 is 2.38 bits per heavy atom. The lowest BCUT2D eigenvalue weighted by molar-refractivity contribution is -0.126. The van der Waals surface area contributed by atoms with Crippen LogP contribution >= 0.6 is 0 Å². The summed E-state index contributed by atoms with van der Waals surface area (Å²) in [6.07, 6.45) is 0.520. The van der Waals surface area contributed by atoms with Gasteiger partial charge >= 0.3 is 0 Å². The van der Waals surface area contributed by atoms with Gasteiger partial charge in [0.1, 0.15) is 5.75 Å². The highest BCUT2D eigenvalue weighted by atomic mass is 32.2. The maximum atomic E-state index is 12.5. The van der Waals surface area contributed by atoms with Gasteiger partial charge in [-0.25, -0.2) is 8.42 Å². The first-order chi connectivity index (χ1) is 12.4. The van der Waals surface area contributed by atoms with E-state index >= 15 is 0 Å². The van der Waals surface area contributed by atoms with Crippen LogP contribution in [0.2, 0.25) is 0 Å². The monoisotopic (exact) mass is 381 g/mol. The molecule has 2 saturated heterocycles. The number of benzene rings is 1. The van der Waals surface area contributed by atoms with Crippen molar-refractivity contribution >= 4 is 21.4 Å². The van der Waals surface area contributed by atoms with Crippen LogP contribution in [-0.4, -0.2) is 76.1 Å². The molecular formula is C18H27N3O4S. The average molecular weight is 381 g/mol. The first-order valence-corrected chi connectivity index (χ1v) is 10.8. The molecule has 7 nitrogen and oxygen atoms in total. The summed E-state index contributed by atoms with van der Waals surface area (Å²) < 4.78 is 28.3. The number of nitrogens with zero attached hydrogens (tertiary/aromatic N) is 2. The van der Waals surface area contributed by atoms with Crippen LogP contribution in [0.25, 0.3) is 0 Å². The largest absolute Gasteiger partial charge is 0.497 e. The van der Waals surface area contributed by atoms with Gasteiger partial charge in [0.2, 0.25) is 5.91 Å². The number of sulfone groups is 1. The first-order valence-electron chi connectivity index (χ1n) is 9.02. The molecule has 0 aromatic heterocycles. The molecule has 1 aromatic rings. The zero-order valence-electron chi connectivity index (χ0n) is 15.3. The summed E-state index contributed by atoms with van der Waals surface area (Å²) in [5.41, 5.74) is 1.15. The molecular weight excluding hydrogens is 354 g/mol. The van der Waals surface area contributed by atoms with E-state index in [9.17, 15) is 13.2 Å². The molecule has 26 heavy (non-hydrogen) atoms. The van der Waals surface area contributed by atoms with Crippen molar-refractivity contribution in [1.29, 1.82) is 0 Å². The van der Waals surface area contributed by atoms with Crippen LogP contribution in [0.3, 0.4) is 0 Å². The third kappa shape index (κ3) is 4.48. The minimum Gasteiger partial charge on any atom is -0.497 e. The summed E-state index contributed by atoms with van der Waals surface area (Å²) in [5.74, 6) is 1.00. The molecule has 3 rings (SSSR count). The standard InChI is InChI=1S/C18H27N3O4S/c1-14(18(22)19-15-7-12-26(23,24)13-15)20-8-10-21(11-9-20)16-3-5-17(25-2)6-4-16/h3-6,14-15H,7-13H2,1-2H3,(H,19,22)/t14-,15+/m0/s1. The predicted molar refractivity (Wildman–Crippen MR) is 101 cm³/mol. The predicted octanol–water partition coefficient (Wildman–Crippen LogP) is 0.509. The Balaban J connectivity index is 1.49. The van der Waals surface area contributed by atoms with E-state index < -0.39 is 9.84 Å². The van der Waals surface area contributed by atoms with Crippen LogP contribution in [0.4, 0.5) is 5.69 Å². The van der Waals surface area contributed by atoms with Crippen molar-refractivity contribution in [3.05, 3.63) is 24.3 Å². The highest BCUT2D eigenvalue weighted by molar-refractivity contribution is 7.91. The smallest absolute Gasteiger partial charge is 0.237 e. The van der Waals surface area contributed by atoms with Crippen molar-refractivity contribution in [1.82, 2.24) is 10.2 Å². The lowest BCUT2D eigenvalue weighted by atomic mass is 10.1. The summed E-state index contributed by atoms with van der Waals surface area (Å²) in [7, 11) is -1.32. The van der Waals surface area contributed by atoms with Crippen molar-refractivity contribution in [2.75, 3.05) is 49.7 Å². The van der Waals surface area contributed by atoms with Crippen molar-refractivity contribution < 1.29 is 17.9 Å². The number of carbonyl (C=O) groups is 1. The van der Waals surface area contributed by atoms with Gasteiger partial charge in [-0.1, -0.05) is 0 Å². The van der Waals surface area contributed by atoms with E-state index in [2.05, 4.69) is 15.1 Å². The second-order valence-electron chi connectivity index (χ2n) is 7.01. The molecule has 0 unspecified atom stereocenters. The molecule has 0 bridgehead atoms. The number of rotatable bonds is 5. The highest BCUT2D eigenvalue weighted by Crippen LogP contribution is 2.21. The normalized spacial score (nSPS) is 24.2. The Labute approximate surface area is 155 Å². The Bertz CT molecular complexity index is 727. The summed E-state index contributed by atoms with van der Waals surface area (Å²) in [4.78, 5) is 16.9. The summed E-state index contributed by atoms with van der Waals surface area (Å²) >= 11 is 0. The Hall–Kier alpha value is -1.80. The van der Waals surface area contributed by atoms with E-state index in [0.29, 0.717) is 6.42 Å². The molecule has 0 radical (unpaired) electrons. The van der Waals surface area contributed by atoms with Crippen molar-refractivity contribution in [3.8, 4) is 5.75 Å². The quantitative estimate of drug-likeness (QED) is 0.801. The molecule has 1 aromatic carbocycles. The van der Waals surface area contributed by atoms with E-state index in [1.165, 1.54) is 0 Å². The number of hydrogen-bond acceptors (Lipinski definition) is 6. The number of piperazine rings is 1. The zero-order valence-corrected chi connectivity index (χ0v) is 16.2. The second kappa shape index (κ2) is 7.84. The van der Waals surface area contributed by atoms with Gasteiger partial charge in [-0.3, -0.25) is 9.69 Å². The Kier molecular flexibility index (Phi) is 5.72. The maximum Gasteiger partial charge on any atom is 0.237 e. The van der Waals surface area contributed by atoms with Crippen LogP contribution < -0.4 is 15.0 Å². The fourth-order valence-corrected chi connectivity index (χ4v) is 5.23.